The number of piperidine rings is 1. The van der Waals surface area contributed by atoms with Gasteiger partial charge in [-0.05, 0) is 50.3 Å². The zero-order chi connectivity index (χ0) is 13.9. The Hall–Kier alpha value is -1.35. The van der Waals surface area contributed by atoms with Crippen LogP contribution in [0.1, 0.15) is 37.3 Å². The van der Waals surface area contributed by atoms with Crippen LogP contribution in [0.15, 0.2) is 24.3 Å². The number of nitrogens with one attached hydrogen (secondary N) is 1. The highest BCUT2D eigenvalue weighted by Gasteiger charge is 2.29. The van der Waals surface area contributed by atoms with Gasteiger partial charge >= 0.3 is 0 Å². The molecule has 3 heteroatoms. The Labute approximate surface area is 121 Å². The Morgan fingerprint density at radius 3 is 2.90 bits per heavy atom. The van der Waals surface area contributed by atoms with Crippen molar-refractivity contribution in [3.63, 3.8) is 0 Å². The first-order valence-electron chi connectivity index (χ1n) is 7.83. The molecule has 2 heterocycles. The van der Waals surface area contributed by atoms with Crippen molar-refractivity contribution in [2.75, 3.05) is 13.1 Å². The van der Waals surface area contributed by atoms with Gasteiger partial charge in [-0.15, -0.1) is 0 Å². The smallest absolute Gasteiger partial charge is 0.226 e. The van der Waals surface area contributed by atoms with Crippen molar-refractivity contribution in [3.8, 4) is 0 Å². The molecule has 2 aliphatic rings. The summed E-state index contributed by atoms with van der Waals surface area (Å²) in [5.41, 5.74) is 2.75. The lowest BCUT2D eigenvalue weighted by Crippen LogP contribution is -2.44. The predicted molar refractivity (Wildman–Crippen MR) is 80.4 cm³/mol. The van der Waals surface area contributed by atoms with Crippen molar-refractivity contribution in [1.29, 1.82) is 0 Å². The number of amides is 1. The fourth-order valence-corrected chi connectivity index (χ4v) is 3.50. The molecule has 3 nitrogen and oxygen atoms in total. The van der Waals surface area contributed by atoms with Gasteiger partial charge in [0.2, 0.25) is 5.91 Å². The molecule has 1 saturated heterocycles. The molecular weight excluding hydrogens is 248 g/mol. The molecular formula is C17H24N2O. The molecule has 108 valence electrons. The van der Waals surface area contributed by atoms with Crippen LogP contribution < -0.4 is 5.32 Å². The maximum Gasteiger partial charge on any atom is 0.226 e. The fourth-order valence-electron chi connectivity index (χ4n) is 3.50. The van der Waals surface area contributed by atoms with Gasteiger partial charge in [-0.3, -0.25) is 4.79 Å². The van der Waals surface area contributed by atoms with Crippen LogP contribution in [0.4, 0.5) is 0 Å². The number of rotatable bonds is 1. The molecule has 1 fully saturated rings. The van der Waals surface area contributed by atoms with Crippen molar-refractivity contribution in [1.82, 2.24) is 10.2 Å². The minimum absolute atomic E-state index is 0.219. The summed E-state index contributed by atoms with van der Waals surface area (Å²) in [4.78, 5) is 14.9. The van der Waals surface area contributed by atoms with Crippen LogP contribution in [0, 0.1) is 5.92 Å². The topological polar surface area (TPSA) is 32.3 Å². The Kier molecular flexibility index (Phi) is 4.06. The Morgan fingerprint density at radius 2 is 2.10 bits per heavy atom. The van der Waals surface area contributed by atoms with Crippen LogP contribution >= 0.6 is 0 Å². The standard InChI is InChI=1S/C17H24N2O/c1-13-11-15(8-9-18-13)17(20)19-10-4-7-14-5-2-3-6-16(14)12-19/h2-3,5-6,13,15,18H,4,7-12H2,1H3. The van der Waals surface area contributed by atoms with Gasteiger partial charge in [-0.25, -0.2) is 0 Å². The number of fused-ring (bicyclic) bond motifs is 1. The van der Waals surface area contributed by atoms with Crippen molar-refractivity contribution < 1.29 is 4.79 Å². The zero-order valence-corrected chi connectivity index (χ0v) is 12.3. The number of benzene rings is 1. The van der Waals surface area contributed by atoms with Gasteiger partial charge < -0.3 is 10.2 Å². The van der Waals surface area contributed by atoms with Gasteiger partial charge in [0.05, 0.1) is 0 Å². The average Bonchev–Trinajstić information content (AvgIpc) is 2.68. The van der Waals surface area contributed by atoms with Crippen LogP contribution in [0.3, 0.4) is 0 Å². The quantitative estimate of drug-likeness (QED) is 0.851. The first-order valence-corrected chi connectivity index (χ1v) is 7.83. The third-order valence-electron chi connectivity index (χ3n) is 4.64. The summed E-state index contributed by atoms with van der Waals surface area (Å²) < 4.78 is 0. The molecule has 2 unspecified atom stereocenters. The molecule has 2 atom stereocenters. The van der Waals surface area contributed by atoms with E-state index in [-0.39, 0.29) is 5.92 Å². The van der Waals surface area contributed by atoms with E-state index in [0.29, 0.717) is 11.9 Å². The van der Waals surface area contributed by atoms with Gasteiger partial charge in [0, 0.05) is 25.0 Å². The molecule has 0 radical (unpaired) electrons. The summed E-state index contributed by atoms with van der Waals surface area (Å²) >= 11 is 0. The van der Waals surface area contributed by atoms with Crippen LogP contribution in [-0.4, -0.2) is 29.9 Å². The van der Waals surface area contributed by atoms with E-state index in [9.17, 15) is 4.79 Å². The highest BCUT2D eigenvalue weighted by molar-refractivity contribution is 5.79. The van der Waals surface area contributed by atoms with Crippen molar-refractivity contribution >= 4 is 5.91 Å². The summed E-state index contributed by atoms with van der Waals surface area (Å²) in [5.74, 6) is 0.589. The molecule has 3 rings (SSSR count). The van der Waals surface area contributed by atoms with E-state index in [4.69, 9.17) is 0 Å². The molecule has 20 heavy (non-hydrogen) atoms. The van der Waals surface area contributed by atoms with Gasteiger partial charge in [-0.1, -0.05) is 24.3 Å². The minimum atomic E-state index is 0.219. The highest BCUT2D eigenvalue weighted by atomic mass is 16.2. The van der Waals surface area contributed by atoms with Crippen molar-refractivity contribution in [2.45, 2.75) is 45.2 Å². The Morgan fingerprint density at radius 1 is 1.30 bits per heavy atom. The number of nitrogens with zero attached hydrogens (tertiary/aromatic N) is 1. The van der Waals surface area contributed by atoms with Crippen LogP contribution in [0.5, 0.6) is 0 Å². The lowest BCUT2D eigenvalue weighted by Gasteiger charge is -2.31. The summed E-state index contributed by atoms with van der Waals surface area (Å²) in [7, 11) is 0. The predicted octanol–water partition coefficient (Wildman–Crippen LogP) is 2.35. The maximum absolute atomic E-state index is 12.8. The van der Waals surface area contributed by atoms with Crippen molar-refractivity contribution in [2.24, 2.45) is 5.92 Å². The summed E-state index contributed by atoms with van der Waals surface area (Å²) in [6.07, 6.45) is 4.16. The first-order chi connectivity index (χ1) is 9.74. The Balaban J connectivity index is 1.72. The maximum atomic E-state index is 12.8. The summed E-state index contributed by atoms with van der Waals surface area (Å²) in [6, 6.07) is 9.03. The zero-order valence-electron chi connectivity index (χ0n) is 12.3. The second kappa shape index (κ2) is 5.96. The molecule has 1 N–H and O–H groups in total. The first kappa shape index (κ1) is 13.6. The van der Waals surface area contributed by atoms with E-state index in [0.717, 1.165) is 45.3 Å². The molecule has 0 bridgehead atoms. The second-order valence-electron chi connectivity index (χ2n) is 6.21. The molecule has 2 aliphatic heterocycles. The molecule has 1 aromatic rings. The van der Waals surface area contributed by atoms with Gasteiger partial charge in [0.1, 0.15) is 0 Å². The molecule has 0 aliphatic carbocycles. The highest BCUT2D eigenvalue weighted by Crippen LogP contribution is 2.23. The number of hydrogen-bond donors (Lipinski definition) is 1. The number of hydrogen-bond acceptors (Lipinski definition) is 2. The number of carbonyl (C=O) groups is 1. The van der Waals surface area contributed by atoms with Crippen LogP contribution in [0.2, 0.25) is 0 Å². The minimum Gasteiger partial charge on any atom is -0.338 e. The van der Waals surface area contributed by atoms with Gasteiger partial charge in [0.15, 0.2) is 0 Å². The second-order valence-corrected chi connectivity index (χ2v) is 6.21. The lowest BCUT2D eigenvalue weighted by molar-refractivity contribution is -0.137. The molecule has 0 saturated carbocycles. The van der Waals surface area contributed by atoms with Gasteiger partial charge in [0.25, 0.3) is 0 Å². The van der Waals surface area contributed by atoms with E-state index < -0.39 is 0 Å². The molecule has 1 amide bonds. The number of aryl methyl sites for hydroxylation is 1. The van der Waals surface area contributed by atoms with E-state index in [2.05, 4.69) is 41.4 Å². The average molecular weight is 272 g/mol. The SMILES string of the molecule is CC1CC(C(=O)N2CCCc3ccccc3C2)CCN1. The van der Waals surface area contributed by atoms with E-state index in [1.807, 2.05) is 0 Å². The van der Waals surface area contributed by atoms with Crippen LogP contribution in [-0.2, 0) is 17.8 Å². The monoisotopic (exact) mass is 272 g/mol. The Bertz CT molecular complexity index is 486. The number of carbonyl (C=O) groups excluding carboxylic acids is 1. The molecule has 0 spiro atoms. The molecule has 0 aromatic heterocycles. The van der Waals surface area contributed by atoms with E-state index >= 15 is 0 Å². The fraction of sp³-hybridized carbons (Fsp3) is 0.588. The van der Waals surface area contributed by atoms with E-state index in [1.165, 1.54) is 11.1 Å². The normalized spacial score (nSPS) is 26.8. The van der Waals surface area contributed by atoms with Gasteiger partial charge in [-0.2, -0.15) is 0 Å². The summed E-state index contributed by atoms with van der Waals surface area (Å²) in [6.45, 7) is 4.86. The summed E-state index contributed by atoms with van der Waals surface area (Å²) in [5, 5.41) is 3.43. The van der Waals surface area contributed by atoms with E-state index in [1.54, 1.807) is 0 Å². The third-order valence-corrected chi connectivity index (χ3v) is 4.64. The van der Waals surface area contributed by atoms with Crippen molar-refractivity contribution in [3.05, 3.63) is 35.4 Å². The van der Waals surface area contributed by atoms with Crippen LogP contribution in [0.25, 0.3) is 0 Å². The molecule has 1 aromatic carbocycles. The third kappa shape index (κ3) is 2.88. The lowest BCUT2D eigenvalue weighted by atomic mass is 9.92. The largest absolute Gasteiger partial charge is 0.338 e.